The number of nitrogens with one attached hydrogen (secondary N) is 1. The minimum Gasteiger partial charge on any atom is -0.360 e. The molecule has 0 bridgehead atoms. The number of allylic oxidation sites excluding steroid dienone is 3. The van der Waals surface area contributed by atoms with Crippen LogP contribution in [-0.4, -0.2) is 36.3 Å². The molecule has 0 unspecified atom stereocenters. The van der Waals surface area contributed by atoms with E-state index in [0.29, 0.717) is 6.54 Å². The number of nitrogens with zero attached hydrogens (tertiary/aromatic N) is 2. The van der Waals surface area contributed by atoms with Crippen LogP contribution in [0.5, 0.6) is 0 Å². The Balaban J connectivity index is 2.06. The van der Waals surface area contributed by atoms with Crippen LogP contribution in [0.15, 0.2) is 59.8 Å². The molecule has 1 amide bonds. The number of carbonyl (C=O) groups is 1. The van der Waals surface area contributed by atoms with E-state index in [9.17, 15) is 4.79 Å². The molecule has 0 aliphatic carbocycles. The Labute approximate surface area is 164 Å². The summed E-state index contributed by atoms with van der Waals surface area (Å²) in [6, 6.07) is 10.4. The lowest BCUT2D eigenvalue weighted by atomic mass is 9.73. The van der Waals surface area contributed by atoms with Crippen molar-refractivity contribution in [3.8, 4) is 0 Å². The summed E-state index contributed by atoms with van der Waals surface area (Å²) < 4.78 is 0. The summed E-state index contributed by atoms with van der Waals surface area (Å²) in [4.78, 5) is 19.7. The van der Waals surface area contributed by atoms with E-state index in [1.807, 2.05) is 50.4 Å². The molecular formula is C23H33N3O. The molecule has 1 aliphatic heterocycles. The van der Waals surface area contributed by atoms with Gasteiger partial charge in [0.05, 0.1) is 5.41 Å². The molecule has 1 heterocycles. The number of hydrogen-bond acceptors (Lipinski definition) is 2. The molecule has 27 heavy (non-hydrogen) atoms. The van der Waals surface area contributed by atoms with Crippen molar-refractivity contribution in [1.82, 2.24) is 10.2 Å². The first-order valence-corrected chi connectivity index (χ1v) is 10.0. The predicted octanol–water partition coefficient (Wildman–Crippen LogP) is 4.35. The number of amides is 1. The molecule has 1 aliphatic rings. The van der Waals surface area contributed by atoms with Gasteiger partial charge in [0.1, 0.15) is 5.84 Å². The molecule has 0 aromatic heterocycles. The highest BCUT2D eigenvalue weighted by atomic mass is 16.2. The molecule has 0 atom stereocenters. The number of hydrogen-bond donors (Lipinski definition) is 1. The van der Waals surface area contributed by atoms with Crippen LogP contribution >= 0.6 is 0 Å². The Kier molecular flexibility index (Phi) is 8.31. The maximum atomic E-state index is 12.9. The maximum Gasteiger partial charge on any atom is 0.226 e. The summed E-state index contributed by atoms with van der Waals surface area (Å²) in [5.41, 5.74) is 0.904. The second-order valence-electron chi connectivity index (χ2n) is 7.14. The number of piperidine rings is 1. The van der Waals surface area contributed by atoms with Gasteiger partial charge in [-0.05, 0) is 51.2 Å². The topological polar surface area (TPSA) is 44.7 Å². The summed E-state index contributed by atoms with van der Waals surface area (Å²) in [6.07, 6.45) is 11.5. The van der Waals surface area contributed by atoms with E-state index >= 15 is 0 Å². The lowest BCUT2D eigenvalue weighted by molar-refractivity contribution is -0.133. The monoisotopic (exact) mass is 367 g/mol. The molecule has 4 nitrogen and oxygen atoms in total. The van der Waals surface area contributed by atoms with Gasteiger partial charge in [-0.1, -0.05) is 49.4 Å². The predicted molar refractivity (Wildman–Crippen MR) is 114 cm³/mol. The zero-order chi connectivity index (χ0) is 19.5. The number of rotatable bonds is 7. The van der Waals surface area contributed by atoms with Gasteiger partial charge in [-0.25, -0.2) is 4.99 Å². The molecule has 1 aromatic rings. The molecule has 2 rings (SSSR count). The van der Waals surface area contributed by atoms with Gasteiger partial charge in [0.25, 0.3) is 0 Å². The first-order chi connectivity index (χ1) is 13.1. The van der Waals surface area contributed by atoms with Gasteiger partial charge >= 0.3 is 0 Å². The van der Waals surface area contributed by atoms with Crippen molar-refractivity contribution in [3.05, 3.63) is 60.3 Å². The van der Waals surface area contributed by atoms with Crippen LogP contribution in [0.2, 0.25) is 0 Å². The fourth-order valence-electron chi connectivity index (χ4n) is 3.57. The van der Waals surface area contributed by atoms with Gasteiger partial charge in [-0.3, -0.25) is 4.79 Å². The molecule has 4 heteroatoms. The lowest BCUT2D eigenvalue weighted by Gasteiger charge is -2.41. The third-order valence-corrected chi connectivity index (χ3v) is 5.21. The van der Waals surface area contributed by atoms with E-state index in [-0.39, 0.29) is 11.3 Å². The summed E-state index contributed by atoms with van der Waals surface area (Å²) >= 11 is 0. The Morgan fingerprint density at radius 1 is 1.19 bits per heavy atom. The molecule has 146 valence electrons. The normalized spacial score (nSPS) is 17.6. The van der Waals surface area contributed by atoms with Gasteiger partial charge in [0, 0.05) is 25.8 Å². The standard InChI is InChI=1S/C23H33N3O/c1-4-6-7-11-16-25-20(3)26-17-14-23(15-18-26,22(27)24-5-2)19-21-12-9-8-10-13-21/h6-13,16H,4-5,14-15,17-19H2,1-3H3,(H,24,27)/b7-6+,16-11-,25-20?. The van der Waals surface area contributed by atoms with Crippen LogP contribution in [-0.2, 0) is 11.2 Å². The Morgan fingerprint density at radius 2 is 1.89 bits per heavy atom. The van der Waals surface area contributed by atoms with E-state index in [1.165, 1.54) is 5.56 Å². The highest BCUT2D eigenvalue weighted by Gasteiger charge is 2.41. The van der Waals surface area contributed by atoms with Crippen molar-refractivity contribution in [2.45, 2.75) is 46.5 Å². The fourth-order valence-corrected chi connectivity index (χ4v) is 3.57. The highest BCUT2D eigenvalue weighted by molar-refractivity contribution is 5.84. The van der Waals surface area contributed by atoms with E-state index in [4.69, 9.17) is 0 Å². The third kappa shape index (κ3) is 6.09. The third-order valence-electron chi connectivity index (χ3n) is 5.21. The first-order valence-electron chi connectivity index (χ1n) is 10.0. The lowest BCUT2D eigenvalue weighted by Crippen LogP contribution is -2.51. The molecule has 1 N–H and O–H groups in total. The van der Waals surface area contributed by atoms with Crippen LogP contribution in [0.4, 0.5) is 0 Å². The fraction of sp³-hybridized carbons (Fsp3) is 0.478. The molecular weight excluding hydrogens is 334 g/mol. The second kappa shape index (κ2) is 10.7. The van der Waals surface area contributed by atoms with Crippen molar-refractivity contribution in [2.75, 3.05) is 19.6 Å². The number of amidine groups is 1. The van der Waals surface area contributed by atoms with Gasteiger partial charge in [0.2, 0.25) is 5.91 Å². The zero-order valence-electron chi connectivity index (χ0n) is 16.9. The van der Waals surface area contributed by atoms with E-state index < -0.39 is 0 Å². The van der Waals surface area contributed by atoms with Crippen LogP contribution < -0.4 is 5.32 Å². The molecule has 0 saturated carbocycles. The van der Waals surface area contributed by atoms with Crippen molar-refractivity contribution in [3.63, 3.8) is 0 Å². The largest absolute Gasteiger partial charge is 0.360 e. The Morgan fingerprint density at radius 3 is 2.52 bits per heavy atom. The number of likely N-dealkylation sites (tertiary alicyclic amines) is 1. The quantitative estimate of drug-likeness (QED) is 0.442. The molecule has 0 spiro atoms. The summed E-state index contributed by atoms with van der Waals surface area (Å²) in [6.45, 7) is 8.54. The highest BCUT2D eigenvalue weighted by Crippen LogP contribution is 2.35. The van der Waals surface area contributed by atoms with E-state index in [2.05, 4.69) is 40.3 Å². The smallest absolute Gasteiger partial charge is 0.226 e. The van der Waals surface area contributed by atoms with Crippen molar-refractivity contribution in [2.24, 2.45) is 10.4 Å². The molecule has 1 aromatic carbocycles. The van der Waals surface area contributed by atoms with Gasteiger partial charge < -0.3 is 10.2 Å². The van der Waals surface area contributed by atoms with E-state index in [1.54, 1.807) is 0 Å². The minimum absolute atomic E-state index is 0.188. The molecule has 0 radical (unpaired) electrons. The second-order valence-corrected chi connectivity index (χ2v) is 7.14. The summed E-state index contributed by atoms with van der Waals surface area (Å²) in [5, 5.41) is 3.07. The van der Waals surface area contributed by atoms with Crippen molar-refractivity contribution >= 4 is 11.7 Å². The van der Waals surface area contributed by atoms with Crippen molar-refractivity contribution < 1.29 is 4.79 Å². The van der Waals surface area contributed by atoms with Crippen molar-refractivity contribution in [1.29, 1.82) is 0 Å². The van der Waals surface area contributed by atoms with Gasteiger partial charge in [-0.15, -0.1) is 0 Å². The van der Waals surface area contributed by atoms with E-state index in [0.717, 1.165) is 44.6 Å². The zero-order valence-corrected chi connectivity index (χ0v) is 16.9. The Hall–Kier alpha value is -2.36. The number of carbonyl (C=O) groups excluding carboxylic acids is 1. The van der Waals surface area contributed by atoms with Gasteiger partial charge in [0.15, 0.2) is 0 Å². The molecule has 1 fully saturated rings. The molecule has 1 saturated heterocycles. The minimum atomic E-state index is -0.326. The number of benzene rings is 1. The van der Waals surface area contributed by atoms with Crippen LogP contribution in [0.3, 0.4) is 0 Å². The average Bonchev–Trinajstić information content (AvgIpc) is 2.69. The first kappa shape index (κ1) is 20.9. The Bertz CT molecular complexity index is 668. The van der Waals surface area contributed by atoms with Crippen LogP contribution in [0.25, 0.3) is 0 Å². The summed E-state index contributed by atoms with van der Waals surface area (Å²) in [5.74, 6) is 1.20. The SMILES string of the molecule is CC/C=C/C=C\N=C(C)N1CCC(Cc2ccccc2)(C(=O)NCC)CC1. The van der Waals surface area contributed by atoms with Crippen LogP contribution in [0, 0.1) is 5.41 Å². The number of aliphatic imine (C=N–C) groups is 1. The van der Waals surface area contributed by atoms with Gasteiger partial charge in [-0.2, -0.15) is 0 Å². The van der Waals surface area contributed by atoms with Crippen LogP contribution in [0.1, 0.15) is 45.6 Å². The summed E-state index contributed by atoms with van der Waals surface area (Å²) in [7, 11) is 0. The average molecular weight is 368 g/mol. The maximum absolute atomic E-state index is 12.9.